The van der Waals surface area contributed by atoms with Crippen LogP contribution in [-0.2, 0) is 9.59 Å². The SMILES string of the molecule is CCOc1ccc(C2C(=C(O)c3ccc(OC)cc3)C(=O)C(=O)N2c2nc(C)c(C(C)=O)s2)cc1OC. The van der Waals surface area contributed by atoms with Crippen LogP contribution >= 0.6 is 11.3 Å². The summed E-state index contributed by atoms with van der Waals surface area (Å²) in [6.07, 6.45) is 0. The summed E-state index contributed by atoms with van der Waals surface area (Å²) in [5, 5.41) is 11.5. The second-order valence-corrected chi connectivity index (χ2v) is 9.19. The van der Waals surface area contributed by atoms with Gasteiger partial charge in [0.25, 0.3) is 5.78 Å². The minimum Gasteiger partial charge on any atom is -0.507 e. The van der Waals surface area contributed by atoms with Crippen LogP contribution in [0.25, 0.3) is 5.76 Å². The van der Waals surface area contributed by atoms with Crippen molar-refractivity contribution in [2.24, 2.45) is 0 Å². The normalized spacial score (nSPS) is 16.7. The number of ether oxygens (including phenoxy) is 3. The van der Waals surface area contributed by atoms with Gasteiger partial charge < -0.3 is 19.3 Å². The highest BCUT2D eigenvalue weighted by molar-refractivity contribution is 7.18. The Kier molecular flexibility index (Phi) is 7.30. The van der Waals surface area contributed by atoms with E-state index in [0.29, 0.717) is 45.6 Å². The molecule has 10 heteroatoms. The van der Waals surface area contributed by atoms with Crippen LogP contribution in [0.5, 0.6) is 17.2 Å². The molecular formula is C27H26N2O7S. The lowest BCUT2D eigenvalue weighted by Gasteiger charge is -2.24. The van der Waals surface area contributed by atoms with Crippen LogP contribution in [0.15, 0.2) is 48.0 Å². The van der Waals surface area contributed by atoms with E-state index in [0.717, 1.165) is 11.3 Å². The standard InChI is InChI=1S/C27H26N2O7S/c1-6-36-19-12-9-17(13-20(19)35-5)22-21(23(31)16-7-10-18(34-4)11-8-16)24(32)26(33)29(22)27-28-14(2)25(37-27)15(3)30/h7-13,22,31H,6H2,1-5H3. The minimum absolute atomic E-state index is 0.112. The van der Waals surface area contributed by atoms with Gasteiger partial charge >= 0.3 is 5.91 Å². The molecule has 1 saturated heterocycles. The molecule has 2 aromatic carbocycles. The predicted molar refractivity (Wildman–Crippen MR) is 139 cm³/mol. The fourth-order valence-electron chi connectivity index (χ4n) is 4.19. The number of hydrogen-bond acceptors (Lipinski definition) is 9. The Hall–Kier alpha value is -4.18. The van der Waals surface area contributed by atoms with Crippen LogP contribution < -0.4 is 19.1 Å². The zero-order chi connectivity index (χ0) is 26.9. The molecule has 4 rings (SSSR count). The maximum absolute atomic E-state index is 13.4. The van der Waals surface area contributed by atoms with Crippen molar-refractivity contribution in [1.29, 1.82) is 0 Å². The van der Waals surface area contributed by atoms with E-state index >= 15 is 0 Å². The molecule has 3 aromatic rings. The fourth-order valence-corrected chi connectivity index (χ4v) is 5.18. The smallest absolute Gasteiger partial charge is 0.301 e. The Morgan fingerprint density at radius 2 is 1.78 bits per heavy atom. The molecule has 1 N–H and O–H groups in total. The number of methoxy groups -OCH3 is 2. The van der Waals surface area contributed by atoms with E-state index in [2.05, 4.69) is 4.98 Å². The zero-order valence-electron chi connectivity index (χ0n) is 21.0. The number of aliphatic hydroxyl groups is 1. The van der Waals surface area contributed by atoms with Gasteiger partial charge in [-0.1, -0.05) is 17.4 Å². The maximum Gasteiger partial charge on any atom is 0.301 e. The van der Waals surface area contributed by atoms with E-state index in [9.17, 15) is 19.5 Å². The summed E-state index contributed by atoms with van der Waals surface area (Å²) in [6.45, 7) is 5.34. The average molecular weight is 523 g/mol. The van der Waals surface area contributed by atoms with E-state index < -0.39 is 17.7 Å². The Labute approximate surface area is 217 Å². The summed E-state index contributed by atoms with van der Waals surface area (Å²) in [6, 6.07) is 10.5. The highest BCUT2D eigenvalue weighted by Gasteiger charge is 2.48. The summed E-state index contributed by atoms with van der Waals surface area (Å²) in [7, 11) is 3.00. The molecule has 1 aliphatic heterocycles. The largest absolute Gasteiger partial charge is 0.507 e. The Bertz CT molecular complexity index is 1410. The molecule has 0 aliphatic carbocycles. The van der Waals surface area contributed by atoms with Gasteiger partial charge in [0, 0.05) is 12.5 Å². The van der Waals surface area contributed by atoms with E-state index in [-0.39, 0.29) is 22.2 Å². The average Bonchev–Trinajstić information content (AvgIpc) is 3.41. The number of aliphatic hydroxyl groups excluding tert-OH is 1. The number of aromatic nitrogens is 1. The molecule has 192 valence electrons. The minimum atomic E-state index is -1.03. The number of carbonyl (C=O) groups excluding carboxylic acids is 3. The lowest BCUT2D eigenvalue weighted by molar-refractivity contribution is -0.132. The summed E-state index contributed by atoms with van der Waals surface area (Å²) < 4.78 is 16.3. The molecule has 0 bridgehead atoms. The number of rotatable bonds is 8. The van der Waals surface area contributed by atoms with Gasteiger partial charge in [-0.25, -0.2) is 4.98 Å². The van der Waals surface area contributed by atoms with Gasteiger partial charge in [0.2, 0.25) is 0 Å². The Morgan fingerprint density at radius 3 is 2.35 bits per heavy atom. The molecule has 0 saturated carbocycles. The van der Waals surface area contributed by atoms with Gasteiger partial charge in [-0.05, 0) is 55.8 Å². The second kappa shape index (κ2) is 10.4. The van der Waals surface area contributed by atoms with Gasteiger partial charge in [-0.2, -0.15) is 0 Å². The van der Waals surface area contributed by atoms with E-state index in [4.69, 9.17) is 14.2 Å². The van der Waals surface area contributed by atoms with E-state index in [1.54, 1.807) is 49.4 Å². The Balaban J connectivity index is 1.95. The lowest BCUT2D eigenvalue weighted by atomic mass is 9.95. The molecule has 1 atom stereocenters. The number of hydrogen-bond donors (Lipinski definition) is 1. The molecule has 1 unspecified atom stereocenters. The van der Waals surface area contributed by atoms with Crippen LogP contribution in [-0.4, -0.2) is 48.4 Å². The molecule has 9 nitrogen and oxygen atoms in total. The fraction of sp³-hybridized carbons (Fsp3) is 0.259. The van der Waals surface area contributed by atoms with Crippen LogP contribution in [0.2, 0.25) is 0 Å². The first-order valence-corrected chi connectivity index (χ1v) is 12.3. The lowest BCUT2D eigenvalue weighted by Crippen LogP contribution is -2.29. The third-order valence-corrected chi connectivity index (χ3v) is 7.18. The molecule has 1 amide bonds. The molecular weight excluding hydrogens is 496 g/mol. The van der Waals surface area contributed by atoms with Gasteiger partial charge in [0.05, 0.1) is 43.0 Å². The van der Waals surface area contributed by atoms with E-state index in [1.165, 1.54) is 26.0 Å². The Morgan fingerprint density at radius 1 is 1.08 bits per heavy atom. The van der Waals surface area contributed by atoms with Crippen LogP contribution in [0.4, 0.5) is 5.13 Å². The predicted octanol–water partition coefficient (Wildman–Crippen LogP) is 4.70. The molecule has 2 heterocycles. The number of benzene rings is 2. The highest BCUT2D eigenvalue weighted by atomic mass is 32.1. The van der Waals surface area contributed by atoms with Crippen molar-refractivity contribution in [3.63, 3.8) is 0 Å². The monoisotopic (exact) mass is 522 g/mol. The highest BCUT2D eigenvalue weighted by Crippen LogP contribution is 2.45. The van der Waals surface area contributed by atoms with Crippen LogP contribution in [0, 0.1) is 6.92 Å². The number of nitrogens with zero attached hydrogens (tertiary/aromatic N) is 2. The van der Waals surface area contributed by atoms with Crippen molar-refractivity contribution in [3.8, 4) is 17.2 Å². The quantitative estimate of drug-likeness (QED) is 0.196. The molecule has 37 heavy (non-hydrogen) atoms. The summed E-state index contributed by atoms with van der Waals surface area (Å²) in [5.41, 5.74) is 1.17. The summed E-state index contributed by atoms with van der Waals surface area (Å²) in [4.78, 5) is 44.9. The van der Waals surface area contributed by atoms with Crippen molar-refractivity contribution in [1.82, 2.24) is 4.98 Å². The molecule has 1 aliphatic rings. The number of Topliss-reactive ketones (excluding diaryl/α,β-unsaturated/α-hetero) is 2. The van der Waals surface area contributed by atoms with Gasteiger partial charge in [0.15, 0.2) is 22.4 Å². The van der Waals surface area contributed by atoms with E-state index in [1.807, 2.05) is 6.92 Å². The molecule has 0 spiro atoms. The van der Waals surface area contributed by atoms with Crippen molar-refractivity contribution < 1.29 is 33.7 Å². The van der Waals surface area contributed by atoms with Gasteiger partial charge in [-0.15, -0.1) is 0 Å². The zero-order valence-corrected chi connectivity index (χ0v) is 21.8. The van der Waals surface area contributed by atoms with Crippen molar-refractivity contribution in [2.45, 2.75) is 26.8 Å². The first kappa shape index (κ1) is 25.9. The maximum atomic E-state index is 13.4. The first-order valence-electron chi connectivity index (χ1n) is 11.5. The van der Waals surface area contributed by atoms with Crippen LogP contribution in [0.3, 0.4) is 0 Å². The first-order chi connectivity index (χ1) is 17.7. The van der Waals surface area contributed by atoms with Crippen molar-refractivity contribution in [2.75, 3.05) is 25.7 Å². The summed E-state index contributed by atoms with van der Waals surface area (Å²) in [5.74, 6) is -0.823. The third kappa shape index (κ3) is 4.67. The topological polar surface area (TPSA) is 115 Å². The number of carbonyl (C=O) groups is 3. The number of amides is 1. The number of thiazole rings is 1. The number of ketones is 2. The third-order valence-electron chi connectivity index (χ3n) is 5.92. The second-order valence-electron chi connectivity index (χ2n) is 8.21. The molecule has 1 fully saturated rings. The van der Waals surface area contributed by atoms with Crippen molar-refractivity contribution in [3.05, 3.63) is 69.7 Å². The number of anilines is 1. The van der Waals surface area contributed by atoms with Crippen LogP contribution in [0.1, 0.15) is 46.4 Å². The van der Waals surface area contributed by atoms with Crippen molar-refractivity contribution >= 4 is 39.7 Å². The summed E-state index contributed by atoms with van der Waals surface area (Å²) >= 11 is 1.02. The van der Waals surface area contributed by atoms with Gasteiger partial charge in [0.1, 0.15) is 11.5 Å². The molecule has 0 radical (unpaired) electrons. The molecule has 1 aromatic heterocycles. The number of aryl methyl sites for hydroxylation is 1. The van der Waals surface area contributed by atoms with Gasteiger partial charge in [-0.3, -0.25) is 19.3 Å².